The molecule has 1 aromatic heterocycles. The predicted molar refractivity (Wildman–Crippen MR) is 53.7 cm³/mol. The van der Waals surface area contributed by atoms with Crippen molar-refractivity contribution in [3.05, 3.63) is 24.5 Å². The van der Waals surface area contributed by atoms with E-state index >= 15 is 0 Å². The normalized spacial score (nSPS) is 24.8. The topological polar surface area (TPSA) is 20.2 Å². The lowest BCUT2D eigenvalue weighted by atomic mass is 10.2. The highest BCUT2D eigenvalue weighted by atomic mass is 15.2. The van der Waals surface area contributed by atoms with Gasteiger partial charge in [0.1, 0.15) is 0 Å². The first kappa shape index (κ1) is 8.78. The van der Waals surface area contributed by atoms with E-state index < -0.39 is 0 Å². The van der Waals surface area contributed by atoms with Crippen LogP contribution in [0.1, 0.15) is 0 Å². The van der Waals surface area contributed by atoms with Gasteiger partial charge >= 0.3 is 0 Å². The number of aromatic nitrogens is 1. The van der Waals surface area contributed by atoms with Crippen molar-refractivity contribution < 1.29 is 0 Å². The summed E-state index contributed by atoms with van der Waals surface area (Å²) in [5.41, 5.74) is 0. The molecule has 1 saturated heterocycles. The van der Waals surface area contributed by atoms with Gasteiger partial charge in [0.15, 0.2) is 0 Å². The Morgan fingerprint density at radius 2 is 2.15 bits per heavy atom. The maximum atomic E-state index is 3.42. The third-order valence-electron chi connectivity index (χ3n) is 2.73. The number of nitrogens with one attached hydrogen (secondary N) is 1. The van der Waals surface area contributed by atoms with Crippen LogP contribution in [0.4, 0.5) is 0 Å². The van der Waals surface area contributed by atoms with E-state index in [1.165, 1.54) is 0 Å². The molecule has 13 heavy (non-hydrogen) atoms. The fraction of sp³-hybridized carbons (Fsp3) is 0.600. The highest BCUT2D eigenvalue weighted by Gasteiger charge is 2.17. The van der Waals surface area contributed by atoms with Crippen LogP contribution < -0.4 is 5.32 Å². The van der Waals surface area contributed by atoms with E-state index in [1.807, 2.05) is 0 Å². The molecule has 0 aliphatic carbocycles. The summed E-state index contributed by atoms with van der Waals surface area (Å²) < 4.78 is 2.24. The fourth-order valence-corrected chi connectivity index (χ4v) is 1.80. The zero-order chi connectivity index (χ0) is 9.10. The summed E-state index contributed by atoms with van der Waals surface area (Å²) in [6.07, 6.45) is 4.25. The van der Waals surface area contributed by atoms with Crippen LogP contribution in [0.2, 0.25) is 0 Å². The fourth-order valence-electron chi connectivity index (χ4n) is 1.80. The van der Waals surface area contributed by atoms with Gasteiger partial charge in [-0.25, -0.2) is 0 Å². The Hall–Kier alpha value is -0.800. The molecule has 1 unspecified atom stereocenters. The Morgan fingerprint density at radius 3 is 2.85 bits per heavy atom. The van der Waals surface area contributed by atoms with Crippen LogP contribution in [0.5, 0.6) is 0 Å². The Balaban J connectivity index is 1.93. The van der Waals surface area contributed by atoms with Crippen LogP contribution in [0.3, 0.4) is 0 Å². The van der Waals surface area contributed by atoms with Crippen LogP contribution in [0.25, 0.3) is 0 Å². The van der Waals surface area contributed by atoms with Crippen molar-refractivity contribution >= 4 is 0 Å². The third-order valence-corrected chi connectivity index (χ3v) is 2.73. The zero-order valence-electron chi connectivity index (χ0n) is 8.11. The van der Waals surface area contributed by atoms with Gasteiger partial charge in [0.25, 0.3) is 0 Å². The first-order valence-electron chi connectivity index (χ1n) is 4.88. The molecule has 1 fully saturated rings. The number of hydrogen-bond donors (Lipinski definition) is 1. The van der Waals surface area contributed by atoms with E-state index in [-0.39, 0.29) is 0 Å². The molecule has 0 aromatic carbocycles. The van der Waals surface area contributed by atoms with Crippen molar-refractivity contribution in [3.63, 3.8) is 0 Å². The summed E-state index contributed by atoms with van der Waals surface area (Å²) in [4.78, 5) is 2.43. The lowest BCUT2D eigenvalue weighted by Crippen LogP contribution is -2.50. The molecule has 2 rings (SSSR count). The number of piperazine rings is 1. The molecule has 0 radical (unpaired) electrons. The van der Waals surface area contributed by atoms with Gasteiger partial charge in [-0.1, -0.05) is 0 Å². The van der Waals surface area contributed by atoms with Gasteiger partial charge in [-0.15, -0.1) is 0 Å². The smallest absolute Gasteiger partial charge is 0.0397 e. The van der Waals surface area contributed by atoms with Crippen LogP contribution in [0.15, 0.2) is 24.5 Å². The van der Waals surface area contributed by atoms with Gasteiger partial charge in [0, 0.05) is 44.6 Å². The third kappa shape index (κ3) is 2.11. The molecule has 0 amide bonds. The van der Waals surface area contributed by atoms with Gasteiger partial charge in [-0.2, -0.15) is 0 Å². The van der Waals surface area contributed by atoms with Crippen molar-refractivity contribution in [1.29, 1.82) is 0 Å². The molecule has 0 spiro atoms. The molecule has 2 heterocycles. The maximum Gasteiger partial charge on any atom is 0.0397 e. The Kier molecular flexibility index (Phi) is 2.66. The first-order chi connectivity index (χ1) is 6.36. The van der Waals surface area contributed by atoms with Crippen molar-refractivity contribution in [2.24, 2.45) is 0 Å². The highest BCUT2D eigenvalue weighted by molar-refractivity contribution is 4.92. The summed E-state index contributed by atoms with van der Waals surface area (Å²) in [6, 6.07) is 4.80. The molecule has 72 valence electrons. The Bertz CT molecular complexity index is 243. The standard InChI is InChI=1S/C10H17N3/c1-12-7-4-11-8-10(12)9-13-5-2-3-6-13/h2-3,5-6,10-11H,4,7-9H2,1H3. The second kappa shape index (κ2) is 3.94. The van der Waals surface area contributed by atoms with E-state index in [0.29, 0.717) is 6.04 Å². The molecule has 1 aromatic rings. The number of hydrogen-bond acceptors (Lipinski definition) is 2. The molecular weight excluding hydrogens is 162 g/mol. The first-order valence-corrected chi connectivity index (χ1v) is 4.88. The monoisotopic (exact) mass is 179 g/mol. The minimum atomic E-state index is 0.640. The second-order valence-corrected chi connectivity index (χ2v) is 3.72. The molecule has 0 saturated carbocycles. The molecule has 0 bridgehead atoms. The molecule has 1 aliphatic rings. The zero-order valence-corrected chi connectivity index (χ0v) is 8.11. The van der Waals surface area contributed by atoms with Crippen molar-refractivity contribution in [1.82, 2.24) is 14.8 Å². The number of likely N-dealkylation sites (N-methyl/N-ethyl adjacent to an activating group) is 1. The molecular formula is C10H17N3. The van der Waals surface area contributed by atoms with Crippen molar-refractivity contribution in [2.75, 3.05) is 26.7 Å². The lowest BCUT2D eigenvalue weighted by Gasteiger charge is -2.33. The summed E-state index contributed by atoms with van der Waals surface area (Å²) >= 11 is 0. The summed E-state index contributed by atoms with van der Waals surface area (Å²) in [7, 11) is 2.20. The van der Waals surface area contributed by atoms with Crippen molar-refractivity contribution in [3.8, 4) is 0 Å². The molecule has 3 heteroatoms. The van der Waals surface area contributed by atoms with E-state index in [9.17, 15) is 0 Å². The Morgan fingerprint density at radius 1 is 1.38 bits per heavy atom. The molecule has 1 aliphatic heterocycles. The average molecular weight is 179 g/mol. The second-order valence-electron chi connectivity index (χ2n) is 3.72. The summed E-state index contributed by atoms with van der Waals surface area (Å²) in [5.74, 6) is 0. The van der Waals surface area contributed by atoms with E-state index in [4.69, 9.17) is 0 Å². The lowest BCUT2D eigenvalue weighted by molar-refractivity contribution is 0.181. The SMILES string of the molecule is CN1CCNCC1Cn1cccc1. The van der Waals surface area contributed by atoms with Gasteiger partial charge in [-0.3, -0.25) is 4.90 Å². The number of rotatable bonds is 2. The van der Waals surface area contributed by atoms with Crippen molar-refractivity contribution in [2.45, 2.75) is 12.6 Å². The minimum absolute atomic E-state index is 0.640. The van der Waals surface area contributed by atoms with Gasteiger partial charge < -0.3 is 9.88 Å². The van der Waals surface area contributed by atoms with Gasteiger partial charge in [0.05, 0.1) is 0 Å². The Labute approximate surface area is 79.3 Å². The van der Waals surface area contributed by atoms with E-state index in [2.05, 4.69) is 46.4 Å². The van der Waals surface area contributed by atoms with Gasteiger partial charge in [0.2, 0.25) is 0 Å². The average Bonchev–Trinajstić information content (AvgIpc) is 2.61. The van der Waals surface area contributed by atoms with Gasteiger partial charge in [-0.05, 0) is 19.2 Å². The van der Waals surface area contributed by atoms with Crippen LogP contribution >= 0.6 is 0 Å². The maximum absolute atomic E-state index is 3.42. The molecule has 1 N–H and O–H groups in total. The minimum Gasteiger partial charge on any atom is -0.353 e. The highest BCUT2D eigenvalue weighted by Crippen LogP contribution is 2.03. The van der Waals surface area contributed by atoms with Crippen LogP contribution in [0, 0.1) is 0 Å². The van der Waals surface area contributed by atoms with Crippen LogP contribution in [-0.4, -0.2) is 42.2 Å². The molecule has 3 nitrogen and oxygen atoms in total. The summed E-state index contributed by atoms with van der Waals surface area (Å²) in [6.45, 7) is 4.48. The van der Waals surface area contributed by atoms with Crippen LogP contribution in [-0.2, 0) is 6.54 Å². The summed E-state index contributed by atoms with van der Waals surface area (Å²) in [5, 5.41) is 3.42. The van der Waals surface area contributed by atoms with E-state index in [1.54, 1.807) is 0 Å². The largest absolute Gasteiger partial charge is 0.353 e. The molecule has 1 atom stereocenters. The van der Waals surface area contributed by atoms with E-state index in [0.717, 1.165) is 26.2 Å². The predicted octanol–water partition coefficient (Wildman–Crippen LogP) is 0.392. The quantitative estimate of drug-likeness (QED) is 0.709. The number of nitrogens with zero attached hydrogens (tertiary/aromatic N) is 2.